The Balaban J connectivity index is 1.93. The Kier molecular flexibility index (Phi) is 4.02. The van der Waals surface area contributed by atoms with Gasteiger partial charge in [0.05, 0.1) is 7.11 Å². The molecule has 0 bridgehead atoms. The van der Waals surface area contributed by atoms with E-state index in [2.05, 4.69) is 27.1 Å². The molecule has 1 aliphatic rings. The van der Waals surface area contributed by atoms with Gasteiger partial charge in [-0.15, -0.1) is 5.11 Å². The lowest BCUT2D eigenvalue weighted by Gasteiger charge is -2.09. The predicted molar refractivity (Wildman–Crippen MR) is 71.5 cm³/mol. The van der Waals surface area contributed by atoms with Crippen LogP contribution >= 0.6 is 0 Å². The second-order valence-corrected chi connectivity index (χ2v) is 3.91. The van der Waals surface area contributed by atoms with Gasteiger partial charge in [-0.1, -0.05) is 23.8 Å². The quantitative estimate of drug-likeness (QED) is 0.899. The Morgan fingerprint density at radius 2 is 2.05 bits per heavy atom. The van der Waals surface area contributed by atoms with Crippen LogP contribution in [-0.2, 0) is 6.42 Å². The summed E-state index contributed by atoms with van der Waals surface area (Å²) in [6.07, 6.45) is 0.758. The second kappa shape index (κ2) is 5.90. The van der Waals surface area contributed by atoms with E-state index in [0.717, 1.165) is 17.7 Å². The van der Waals surface area contributed by atoms with Crippen molar-refractivity contribution in [2.24, 2.45) is 15.2 Å². The molecule has 1 aromatic carbocycles. The number of nitrogens with zero attached hydrogens (tertiary/aromatic N) is 3. The smallest absolute Gasteiger partial charge is 0.365 e. The number of amides is 2. The van der Waals surface area contributed by atoms with Gasteiger partial charge >= 0.3 is 6.03 Å². The van der Waals surface area contributed by atoms with Crippen molar-refractivity contribution in [2.75, 3.05) is 13.7 Å². The third kappa shape index (κ3) is 3.48. The molecule has 1 aliphatic heterocycles. The maximum Gasteiger partial charge on any atom is 0.365 e. The summed E-state index contributed by atoms with van der Waals surface area (Å²) in [4.78, 5) is 15.3. The van der Waals surface area contributed by atoms with E-state index in [1.54, 1.807) is 7.11 Å². The highest BCUT2D eigenvalue weighted by Crippen LogP contribution is 2.12. The Bertz CT molecular complexity index is 546. The lowest BCUT2D eigenvalue weighted by atomic mass is 10.1. The molecule has 2 rings (SSSR count). The molecule has 0 saturated heterocycles. The third-order valence-corrected chi connectivity index (χ3v) is 2.59. The van der Waals surface area contributed by atoms with E-state index >= 15 is 0 Å². The number of benzene rings is 1. The fraction of sp³-hybridized carbons (Fsp3) is 0.231. The number of nitrogens with one attached hydrogen (secondary N) is 1. The summed E-state index contributed by atoms with van der Waals surface area (Å²) >= 11 is 0. The fourth-order valence-electron chi connectivity index (χ4n) is 1.57. The average molecular weight is 258 g/mol. The minimum Gasteiger partial charge on any atom is -0.497 e. The first-order chi connectivity index (χ1) is 9.19. The van der Waals surface area contributed by atoms with Crippen LogP contribution in [0, 0.1) is 0 Å². The average Bonchev–Trinajstić information content (AvgIpc) is 2.43. The van der Waals surface area contributed by atoms with Crippen molar-refractivity contribution in [1.82, 2.24) is 5.32 Å². The van der Waals surface area contributed by atoms with Crippen molar-refractivity contribution in [2.45, 2.75) is 6.42 Å². The zero-order chi connectivity index (χ0) is 13.7. The van der Waals surface area contributed by atoms with Gasteiger partial charge in [-0.25, -0.2) is 4.79 Å². The number of aliphatic imine (C=N–C) groups is 1. The zero-order valence-corrected chi connectivity index (χ0v) is 10.6. The van der Waals surface area contributed by atoms with E-state index in [1.807, 2.05) is 24.3 Å². The summed E-state index contributed by atoms with van der Waals surface area (Å²) in [6, 6.07) is 7.24. The van der Waals surface area contributed by atoms with Crippen molar-refractivity contribution in [1.29, 1.82) is 0 Å². The minimum absolute atomic E-state index is 0.370. The summed E-state index contributed by atoms with van der Waals surface area (Å²) in [5, 5.41) is 9.44. The number of hydrogen-bond acceptors (Lipinski definition) is 4. The minimum atomic E-state index is -0.518. The molecule has 1 aromatic rings. The molecule has 6 nitrogen and oxygen atoms in total. The van der Waals surface area contributed by atoms with Crippen molar-refractivity contribution < 1.29 is 9.53 Å². The van der Waals surface area contributed by atoms with E-state index in [9.17, 15) is 4.79 Å². The van der Waals surface area contributed by atoms with Crippen LogP contribution in [0.15, 0.2) is 51.8 Å². The Morgan fingerprint density at radius 3 is 2.74 bits per heavy atom. The molecule has 0 unspecified atom stereocenters. The molecule has 0 radical (unpaired) electrons. The number of hydrogen-bond donors (Lipinski definition) is 1. The summed E-state index contributed by atoms with van der Waals surface area (Å²) in [5.41, 5.74) is 1.51. The standard InChI is InChI=1S/C13H14N4O2/c1-9-12(15-13(18)17-16-9)14-8-7-10-3-5-11(19-2)6-4-10/h3-6H,1,7-8H2,2H3,(H,14,15,18). The van der Waals surface area contributed by atoms with E-state index < -0.39 is 6.03 Å². The largest absolute Gasteiger partial charge is 0.497 e. The summed E-state index contributed by atoms with van der Waals surface area (Å²) in [6.45, 7) is 4.19. The Morgan fingerprint density at radius 1 is 1.32 bits per heavy atom. The number of methoxy groups -OCH3 is 1. The molecule has 0 spiro atoms. The number of rotatable bonds is 4. The molecular formula is C13H14N4O2. The number of azo groups is 1. The number of urea groups is 1. The summed E-state index contributed by atoms with van der Waals surface area (Å²) in [7, 11) is 1.63. The molecule has 0 atom stereocenters. The van der Waals surface area contributed by atoms with Crippen LogP contribution < -0.4 is 10.1 Å². The van der Waals surface area contributed by atoms with Crippen LogP contribution in [0.4, 0.5) is 4.79 Å². The van der Waals surface area contributed by atoms with Gasteiger partial charge in [-0.3, -0.25) is 10.3 Å². The lowest BCUT2D eigenvalue weighted by molar-refractivity contribution is 0.251. The normalized spacial score (nSPS) is 16.6. The molecule has 6 heteroatoms. The van der Waals surface area contributed by atoms with E-state index in [0.29, 0.717) is 18.1 Å². The van der Waals surface area contributed by atoms with Gasteiger partial charge < -0.3 is 4.74 Å². The van der Waals surface area contributed by atoms with Crippen LogP contribution in [0.2, 0.25) is 0 Å². The van der Waals surface area contributed by atoms with Crippen molar-refractivity contribution >= 4 is 11.9 Å². The molecular weight excluding hydrogens is 244 g/mol. The van der Waals surface area contributed by atoms with Gasteiger partial charge in [0, 0.05) is 6.54 Å². The number of carbonyl (C=O) groups is 1. The molecule has 1 heterocycles. The molecule has 0 saturated carbocycles. The van der Waals surface area contributed by atoms with Crippen LogP contribution in [-0.4, -0.2) is 25.5 Å². The van der Waals surface area contributed by atoms with Crippen LogP contribution in [0.5, 0.6) is 5.75 Å². The SMILES string of the molecule is C=C1N=NC(=O)NC1=NCCc1ccc(OC)cc1. The van der Waals surface area contributed by atoms with Gasteiger partial charge in [-0.2, -0.15) is 0 Å². The zero-order valence-electron chi connectivity index (χ0n) is 10.6. The molecule has 2 amide bonds. The molecule has 19 heavy (non-hydrogen) atoms. The third-order valence-electron chi connectivity index (χ3n) is 2.59. The molecule has 0 aromatic heterocycles. The van der Waals surface area contributed by atoms with Crippen molar-refractivity contribution in [3.8, 4) is 5.75 Å². The Labute approximate surface area is 110 Å². The van der Waals surface area contributed by atoms with Gasteiger partial charge in [0.2, 0.25) is 0 Å². The number of carbonyl (C=O) groups excluding carboxylic acids is 1. The molecule has 1 N–H and O–H groups in total. The Hall–Kier alpha value is -2.50. The van der Waals surface area contributed by atoms with Gasteiger partial charge in [0.1, 0.15) is 11.4 Å². The predicted octanol–water partition coefficient (Wildman–Crippen LogP) is 2.33. The van der Waals surface area contributed by atoms with Gasteiger partial charge in [0.25, 0.3) is 0 Å². The summed E-state index contributed by atoms with van der Waals surface area (Å²) < 4.78 is 5.09. The first kappa shape index (κ1) is 12.9. The molecule has 0 fully saturated rings. The highest BCUT2D eigenvalue weighted by molar-refractivity contribution is 6.08. The number of amidine groups is 1. The first-order valence-corrected chi connectivity index (χ1v) is 5.78. The lowest BCUT2D eigenvalue weighted by Crippen LogP contribution is -2.31. The van der Waals surface area contributed by atoms with E-state index in [-0.39, 0.29) is 0 Å². The highest BCUT2D eigenvalue weighted by Gasteiger charge is 2.13. The maximum absolute atomic E-state index is 11.0. The summed E-state index contributed by atoms with van der Waals surface area (Å²) in [5.74, 6) is 1.21. The van der Waals surface area contributed by atoms with Crippen molar-refractivity contribution in [3.05, 3.63) is 42.1 Å². The topological polar surface area (TPSA) is 75.4 Å². The highest BCUT2D eigenvalue weighted by atomic mass is 16.5. The number of ether oxygens (including phenoxy) is 1. The maximum atomic E-state index is 11.0. The van der Waals surface area contributed by atoms with E-state index in [1.165, 1.54) is 0 Å². The van der Waals surface area contributed by atoms with Gasteiger partial charge in [0.15, 0.2) is 5.84 Å². The fourth-order valence-corrected chi connectivity index (χ4v) is 1.57. The second-order valence-electron chi connectivity index (χ2n) is 3.91. The van der Waals surface area contributed by atoms with E-state index in [4.69, 9.17) is 4.74 Å². The van der Waals surface area contributed by atoms with Crippen LogP contribution in [0.1, 0.15) is 5.56 Å². The van der Waals surface area contributed by atoms with Crippen LogP contribution in [0.3, 0.4) is 0 Å². The molecule has 98 valence electrons. The molecule has 0 aliphatic carbocycles. The van der Waals surface area contributed by atoms with Crippen LogP contribution in [0.25, 0.3) is 0 Å². The monoisotopic (exact) mass is 258 g/mol. The van der Waals surface area contributed by atoms with Crippen molar-refractivity contribution in [3.63, 3.8) is 0 Å². The first-order valence-electron chi connectivity index (χ1n) is 5.78. The van der Waals surface area contributed by atoms with Gasteiger partial charge in [-0.05, 0) is 24.1 Å².